The molecular weight excluding hydrogens is 278 g/mol. The zero-order valence-electron chi connectivity index (χ0n) is 10.6. The fourth-order valence-corrected chi connectivity index (χ4v) is 2.83. The molecule has 1 aliphatic heterocycles. The number of hydrogen-bond acceptors (Lipinski definition) is 1. The predicted octanol–water partition coefficient (Wildman–Crippen LogP) is 3.77. The smallest absolute Gasteiger partial charge is 0.254 e. The molecule has 0 spiro atoms. The Labute approximate surface area is 111 Å². The van der Waals surface area contributed by atoms with Gasteiger partial charge in [-0.25, -0.2) is 0 Å². The number of likely N-dealkylation sites (tertiary alicyclic amines) is 1. The Morgan fingerprint density at radius 3 is 2.71 bits per heavy atom. The Balaban J connectivity index is 2.35. The van der Waals surface area contributed by atoms with Crippen LogP contribution in [-0.2, 0) is 0 Å². The van der Waals surface area contributed by atoms with Gasteiger partial charge in [-0.2, -0.15) is 0 Å². The number of hydrogen-bond donors (Lipinski definition) is 0. The lowest BCUT2D eigenvalue weighted by molar-refractivity contribution is 0.0651. The van der Waals surface area contributed by atoms with Crippen LogP contribution >= 0.6 is 15.9 Å². The van der Waals surface area contributed by atoms with Crippen molar-refractivity contribution in [3.05, 3.63) is 33.8 Å². The second-order valence-electron chi connectivity index (χ2n) is 5.29. The molecule has 1 amide bonds. The van der Waals surface area contributed by atoms with E-state index in [0.717, 1.165) is 35.0 Å². The van der Waals surface area contributed by atoms with Gasteiger partial charge in [-0.15, -0.1) is 0 Å². The van der Waals surface area contributed by atoms with Crippen molar-refractivity contribution in [2.24, 2.45) is 0 Å². The van der Waals surface area contributed by atoms with E-state index in [1.54, 1.807) is 0 Å². The first kappa shape index (κ1) is 12.6. The molecule has 1 saturated heterocycles. The highest BCUT2D eigenvalue weighted by Crippen LogP contribution is 2.31. The van der Waals surface area contributed by atoms with Crippen molar-refractivity contribution in [1.82, 2.24) is 4.90 Å². The van der Waals surface area contributed by atoms with Crippen molar-refractivity contribution in [3.8, 4) is 0 Å². The normalized spacial score (nSPS) is 18.5. The van der Waals surface area contributed by atoms with Crippen LogP contribution in [-0.4, -0.2) is 22.9 Å². The molecule has 0 unspecified atom stereocenters. The fourth-order valence-electron chi connectivity index (χ4n) is 2.47. The summed E-state index contributed by atoms with van der Waals surface area (Å²) >= 11 is 3.48. The van der Waals surface area contributed by atoms with E-state index in [9.17, 15) is 4.79 Å². The minimum absolute atomic E-state index is 0.00809. The monoisotopic (exact) mass is 295 g/mol. The molecule has 0 N–H and O–H groups in total. The predicted molar refractivity (Wildman–Crippen MR) is 73.2 cm³/mol. The molecule has 0 bridgehead atoms. The van der Waals surface area contributed by atoms with Gasteiger partial charge in [0.15, 0.2) is 0 Å². The third-order valence-corrected chi connectivity index (χ3v) is 4.50. The molecule has 3 heteroatoms. The number of nitrogens with zero attached hydrogens (tertiary/aromatic N) is 1. The molecule has 0 saturated carbocycles. The van der Waals surface area contributed by atoms with Gasteiger partial charge in [0.2, 0.25) is 0 Å². The number of benzene rings is 1. The molecule has 0 atom stereocenters. The lowest BCUT2D eigenvalue weighted by atomic mass is 10.0. The minimum atomic E-state index is -0.00809. The van der Waals surface area contributed by atoms with Crippen LogP contribution < -0.4 is 0 Å². The van der Waals surface area contributed by atoms with E-state index < -0.39 is 0 Å². The van der Waals surface area contributed by atoms with E-state index in [2.05, 4.69) is 29.8 Å². The standard InChI is InChI=1S/C14H18BrNO/c1-10-11(6-4-7-12(10)15)13(17)16-9-5-8-14(16,2)3/h4,6-7H,5,8-9H2,1-3H3. The minimum Gasteiger partial charge on any atom is -0.334 e. The first-order valence-electron chi connectivity index (χ1n) is 6.00. The van der Waals surface area contributed by atoms with Crippen molar-refractivity contribution in [3.63, 3.8) is 0 Å². The zero-order valence-corrected chi connectivity index (χ0v) is 12.2. The van der Waals surface area contributed by atoms with E-state index in [1.807, 2.05) is 30.0 Å². The van der Waals surface area contributed by atoms with Gasteiger partial charge in [0, 0.05) is 22.1 Å². The van der Waals surface area contributed by atoms with E-state index in [1.165, 1.54) is 0 Å². The Bertz CT molecular complexity index is 454. The van der Waals surface area contributed by atoms with Gasteiger partial charge in [-0.1, -0.05) is 22.0 Å². The molecular formula is C14H18BrNO. The average molecular weight is 296 g/mol. The van der Waals surface area contributed by atoms with Gasteiger partial charge < -0.3 is 4.90 Å². The van der Waals surface area contributed by atoms with Crippen molar-refractivity contribution in [2.75, 3.05) is 6.54 Å². The highest BCUT2D eigenvalue weighted by atomic mass is 79.9. The lowest BCUT2D eigenvalue weighted by Crippen LogP contribution is -2.42. The number of rotatable bonds is 1. The van der Waals surface area contributed by atoms with Crippen LogP contribution in [0, 0.1) is 6.92 Å². The van der Waals surface area contributed by atoms with Crippen LogP contribution in [0.5, 0.6) is 0 Å². The lowest BCUT2D eigenvalue weighted by Gasteiger charge is -2.32. The second kappa shape index (κ2) is 4.45. The van der Waals surface area contributed by atoms with Gasteiger partial charge >= 0.3 is 0 Å². The summed E-state index contributed by atoms with van der Waals surface area (Å²) in [6, 6.07) is 5.81. The molecule has 1 aliphatic rings. The van der Waals surface area contributed by atoms with Gasteiger partial charge in [0.05, 0.1) is 0 Å². The molecule has 17 heavy (non-hydrogen) atoms. The van der Waals surface area contributed by atoms with Gasteiger partial charge in [0.25, 0.3) is 5.91 Å². The SMILES string of the molecule is Cc1c(Br)cccc1C(=O)N1CCCC1(C)C. The van der Waals surface area contributed by atoms with Crippen molar-refractivity contribution < 1.29 is 4.79 Å². The summed E-state index contributed by atoms with van der Waals surface area (Å²) in [7, 11) is 0. The van der Waals surface area contributed by atoms with E-state index in [4.69, 9.17) is 0 Å². The summed E-state index contributed by atoms with van der Waals surface area (Å²) in [6.45, 7) is 7.15. The third kappa shape index (κ3) is 2.25. The highest BCUT2D eigenvalue weighted by molar-refractivity contribution is 9.10. The number of halogens is 1. The Hall–Kier alpha value is -0.830. The fraction of sp³-hybridized carbons (Fsp3) is 0.500. The molecule has 1 fully saturated rings. The molecule has 0 radical (unpaired) electrons. The third-order valence-electron chi connectivity index (χ3n) is 3.64. The summed E-state index contributed by atoms with van der Waals surface area (Å²) < 4.78 is 1.00. The van der Waals surface area contributed by atoms with Gasteiger partial charge in [-0.3, -0.25) is 4.79 Å². The Kier molecular flexibility index (Phi) is 3.30. The topological polar surface area (TPSA) is 20.3 Å². The molecule has 1 heterocycles. The quantitative estimate of drug-likeness (QED) is 0.772. The van der Waals surface area contributed by atoms with E-state index in [-0.39, 0.29) is 11.4 Å². The van der Waals surface area contributed by atoms with Crippen LogP contribution in [0.3, 0.4) is 0 Å². The summed E-state index contributed by atoms with van der Waals surface area (Å²) in [6.07, 6.45) is 2.19. The van der Waals surface area contributed by atoms with Crippen LogP contribution in [0.1, 0.15) is 42.6 Å². The molecule has 0 aromatic heterocycles. The number of carbonyl (C=O) groups is 1. The molecule has 0 aliphatic carbocycles. The first-order valence-corrected chi connectivity index (χ1v) is 6.80. The summed E-state index contributed by atoms with van der Waals surface area (Å²) in [5.74, 6) is 0.159. The molecule has 1 aromatic rings. The average Bonchev–Trinajstić information content (AvgIpc) is 2.61. The zero-order chi connectivity index (χ0) is 12.6. The second-order valence-corrected chi connectivity index (χ2v) is 6.14. The molecule has 1 aromatic carbocycles. The van der Waals surface area contributed by atoms with Crippen molar-refractivity contribution >= 4 is 21.8 Å². The Morgan fingerprint density at radius 1 is 1.41 bits per heavy atom. The summed E-state index contributed by atoms with van der Waals surface area (Å²) in [5.41, 5.74) is 1.83. The van der Waals surface area contributed by atoms with Crippen molar-refractivity contribution in [2.45, 2.75) is 39.2 Å². The van der Waals surface area contributed by atoms with Crippen LogP contribution in [0.2, 0.25) is 0 Å². The molecule has 92 valence electrons. The van der Waals surface area contributed by atoms with Gasteiger partial charge in [0.1, 0.15) is 0 Å². The first-order chi connectivity index (χ1) is 7.93. The highest BCUT2D eigenvalue weighted by Gasteiger charge is 2.36. The maximum absolute atomic E-state index is 12.5. The summed E-state index contributed by atoms with van der Waals surface area (Å²) in [4.78, 5) is 14.5. The number of carbonyl (C=O) groups excluding carboxylic acids is 1. The van der Waals surface area contributed by atoms with Crippen LogP contribution in [0.4, 0.5) is 0 Å². The maximum atomic E-state index is 12.5. The van der Waals surface area contributed by atoms with E-state index >= 15 is 0 Å². The van der Waals surface area contributed by atoms with Crippen LogP contribution in [0.15, 0.2) is 22.7 Å². The van der Waals surface area contributed by atoms with Gasteiger partial charge in [-0.05, 0) is 51.3 Å². The van der Waals surface area contributed by atoms with E-state index in [0.29, 0.717) is 0 Å². The molecule has 2 nitrogen and oxygen atoms in total. The largest absolute Gasteiger partial charge is 0.334 e. The van der Waals surface area contributed by atoms with Crippen LogP contribution in [0.25, 0.3) is 0 Å². The number of amides is 1. The van der Waals surface area contributed by atoms with Crippen molar-refractivity contribution in [1.29, 1.82) is 0 Å². The summed E-state index contributed by atoms with van der Waals surface area (Å²) in [5, 5.41) is 0. The Morgan fingerprint density at radius 2 is 2.12 bits per heavy atom. The molecule has 2 rings (SSSR count). The maximum Gasteiger partial charge on any atom is 0.254 e.